The molecule has 1 aromatic carbocycles. The van der Waals surface area contributed by atoms with Gasteiger partial charge in [0.2, 0.25) is 5.91 Å². The molecule has 0 saturated carbocycles. The lowest BCUT2D eigenvalue weighted by atomic mass is 9.93. The molecule has 0 aromatic heterocycles. The minimum absolute atomic E-state index is 0.00815. The van der Waals surface area contributed by atoms with Crippen LogP contribution in [0.1, 0.15) is 37.4 Å². The molecule has 1 aliphatic heterocycles. The van der Waals surface area contributed by atoms with E-state index in [0.717, 1.165) is 17.5 Å². The van der Waals surface area contributed by atoms with Gasteiger partial charge in [-0.3, -0.25) is 4.79 Å². The first-order valence-corrected chi connectivity index (χ1v) is 7.18. The third-order valence-corrected chi connectivity index (χ3v) is 4.09. The summed E-state index contributed by atoms with van der Waals surface area (Å²) in [6.07, 6.45) is 1.13. The van der Waals surface area contributed by atoms with Crippen molar-refractivity contribution in [2.45, 2.75) is 38.8 Å². The molecule has 0 spiro atoms. The molecule has 0 bridgehead atoms. The van der Waals surface area contributed by atoms with Crippen molar-refractivity contribution < 1.29 is 4.79 Å². The lowest BCUT2D eigenvalue weighted by molar-refractivity contribution is -0.134. The maximum absolute atomic E-state index is 12.2. The van der Waals surface area contributed by atoms with E-state index in [1.807, 2.05) is 24.8 Å². The first kappa shape index (κ1) is 14.6. The van der Waals surface area contributed by atoms with E-state index in [2.05, 4.69) is 0 Å². The van der Waals surface area contributed by atoms with E-state index in [0.29, 0.717) is 23.0 Å². The lowest BCUT2D eigenvalue weighted by Crippen LogP contribution is -2.41. The fourth-order valence-electron chi connectivity index (χ4n) is 2.59. The molecule has 2 rings (SSSR count). The SMILES string of the molecule is CC(N)CC(=O)N1CCc2c(Cl)cc(Cl)cc2C1C. The van der Waals surface area contributed by atoms with E-state index in [-0.39, 0.29) is 18.0 Å². The minimum atomic E-state index is -0.121. The van der Waals surface area contributed by atoms with E-state index < -0.39 is 0 Å². The summed E-state index contributed by atoms with van der Waals surface area (Å²) < 4.78 is 0. The van der Waals surface area contributed by atoms with Gasteiger partial charge in [-0.25, -0.2) is 0 Å². The standard InChI is InChI=1S/C14H18Cl2N2O/c1-8(17)5-14(19)18-4-3-11-12(9(18)2)6-10(15)7-13(11)16/h6-9H,3-5,17H2,1-2H3. The molecule has 1 amide bonds. The van der Waals surface area contributed by atoms with Gasteiger partial charge in [0.05, 0.1) is 6.04 Å². The van der Waals surface area contributed by atoms with E-state index in [1.54, 1.807) is 6.07 Å². The van der Waals surface area contributed by atoms with Gasteiger partial charge in [0, 0.05) is 29.1 Å². The molecule has 5 heteroatoms. The van der Waals surface area contributed by atoms with Gasteiger partial charge in [-0.05, 0) is 43.5 Å². The molecule has 0 aliphatic carbocycles. The number of fused-ring (bicyclic) bond motifs is 1. The highest BCUT2D eigenvalue weighted by atomic mass is 35.5. The van der Waals surface area contributed by atoms with Gasteiger partial charge in [0.25, 0.3) is 0 Å². The highest BCUT2D eigenvalue weighted by molar-refractivity contribution is 6.35. The number of hydrogen-bond acceptors (Lipinski definition) is 2. The van der Waals surface area contributed by atoms with E-state index >= 15 is 0 Å². The quantitative estimate of drug-likeness (QED) is 0.912. The number of nitrogens with two attached hydrogens (primary N) is 1. The van der Waals surface area contributed by atoms with Crippen molar-refractivity contribution in [3.8, 4) is 0 Å². The van der Waals surface area contributed by atoms with Gasteiger partial charge in [-0.1, -0.05) is 23.2 Å². The molecular weight excluding hydrogens is 283 g/mol. The Hall–Kier alpha value is -0.770. The molecule has 19 heavy (non-hydrogen) atoms. The van der Waals surface area contributed by atoms with Crippen molar-refractivity contribution in [3.05, 3.63) is 33.3 Å². The number of nitrogens with zero attached hydrogens (tertiary/aromatic N) is 1. The highest BCUT2D eigenvalue weighted by Gasteiger charge is 2.29. The van der Waals surface area contributed by atoms with E-state index in [4.69, 9.17) is 28.9 Å². The maximum Gasteiger partial charge on any atom is 0.224 e. The highest BCUT2D eigenvalue weighted by Crippen LogP contribution is 2.36. The summed E-state index contributed by atoms with van der Waals surface area (Å²) in [5.41, 5.74) is 7.84. The number of carbonyl (C=O) groups excluding carboxylic acids is 1. The Morgan fingerprint density at radius 2 is 2.21 bits per heavy atom. The third-order valence-electron chi connectivity index (χ3n) is 3.53. The van der Waals surface area contributed by atoms with Crippen molar-refractivity contribution in [3.63, 3.8) is 0 Å². The molecule has 1 aliphatic rings. The average molecular weight is 301 g/mol. The second kappa shape index (κ2) is 5.70. The van der Waals surface area contributed by atoms with Crippen molar-refractivity contribution in [1.29, 1.82) is 0 Å². The summed E-state index contributed by atoms with van der Waals surface area (Å²) in [4.78, 5) is 14.0. The molecule has 1 aromatic rings. The Labute approximate surface area is 123 Å². The fraction of sp³-hybridized carbons (Fsp3) is 0.500. The Bertz CT molecular complexity index is 502. The molecule has 0 fully saturated rings. The number of rotatable bonds is 2. The number of benzene rings is 1. The van der Waals surface area contributed by atoms with Crippen LogP contribution < -0.4 is 5.73 Å². The third kappa shape index (κ3) is 3.04. The molecule has 0 saturated heterocycles. The van der Waals surface area contributed by atoms with Crippen LogP contribution in [0.25, 0.3) is 0 Å². The molecule has 104 valence electrons. The van der Waals surface area contributed by atoms with Gasteiger partial charge in [0.15, 0.2) is 0 Å². The smallest absolute Gasteiger partial charge is 0.224 e. The Balaban J connectivity index is 2.29. The van der Waals surface area contributed by atoms with Crippen molar-refractivity contribution >= 4 is 29.1 Å². The van der Waals surface area contributed by atoms with Crippen molar-refractivity contribution in [2.24, 2.45) is 5.73 Å². The zero-order chi connectivity index (χ0) is 14.2. The Morgan fingerprint density at radius 3 is 2.84 bits per heavy atom. The van der Waals surface area contributed by atoms with Crippen molar-refractivity contribution in [1.82, 2.24) is 4.90 Å². The van der Waals surface area contributed by atoms with Crippen LogP contribution in [0, 0.1) is 0 Å². The number of carbonyl (C=O) groups is 1. The summed E-state index contributed by atoms with van der Waals surface area (Å²) >= 11 is 12.3. The van der Waals surface area contributed by atoms with Crippen LogP contribution in [0.15, 0.2) is 12.1 Å². The minimum Gasteiger partial charge on any atom is -0.336 e. The lowest BCUT2D eigenvalue weighted by Gasteiger charge is -2.36. The monoisotopic (exact) mass is 300 g/mol. The second-order valence-electron chi connectivity index (χ2n) is 5.15. The van der Waals surface area contributed by atoms with E-state index in [9.17, 15) is 4.79 Å². The second-order valence-corrected chi connectivity index (χ2v) is 5.99. The van der Waals surface area contributed by atoms with E-state index in [1.165, 1.54) is 0 Å². The van der Waals surface area contributed by atoms with Crippen LogP contribution in [-0.4, -0.2) is 23.4 Å². The normalized spacial score (nSPS) is 20.1. The van der Waals surface area contributed by atoms with Gasteiger partial charge in [-0.2, -0.15) is 0 Å². The topological polar surface area (TPSA) is 46.3 Å². The van der Waals surface area contributed by atoms with Crippen LogP contribution in [-0.2, 0) is 11.2 Å². The molecule has 2 unspecified atom stereocenters. The predicted octanol–water partition coefficient (Wildman–Crippen LogP) is 3.18. The van der Waals surface area contributed by atoms with Gasteiger partial charge < -0.3 is 10.6 Å². The van der Waals surface area contributed by atoms with Crippen LogP contribution in [0.2, 0.25) is 10.0 Å². The molecular formula is C14H18Cl2N2O. The first-order chi connectivity index (χ1) is 8.90. The van der Waals surface area contributed by atoms with Crippen LogP contribution in [0.4, 0.5) is 0 Å². The summed E-state index contributed by atoms with van der Waals surface area (Å²) in [7, 11) is 0. The molecule has 3 nitrogen and oxygen atoms in total. The summed E-state index contributed by atoms with van der Waals surface area (Å²) in [6, 6.07) is 3.53. The maximum atomic E-state index is 12.2. The Morgan fingerprint density at radius 1 is 1.53 bits per heavy atom. The van der Waals surface area contributed by atoms with Gasteiger partial charge in [0.1, 0.15) is 0 Å². The van der Waals surface area contributed by atoms with Crippen LogP contribution >= 0.6 is 23.2 Å². The van der Waals surface area contributed by atoms with Crippen LogP contribution in [0.3, 0.4) is 0 Å². The largest absolute Gasteiger partial charge is 0.336 e. The predicted molar refractivity (Wildman–Crippen MR) is 78.6 cm³/mol. The average Bonchev–Trinajstić information content (AvgIpc) is 2.29. The van der Waals surface area contributed by atoms with Crippen LogP contribution in [0.5, 0.6) is 0 Å². The summed E-state index contributed by atoms with van der Waals surface area (Å²) in [6.45, 7) is 4.53. The zero-order valence-electron chi connectivity index (χ0n) is 11.1. The fourth-order valence-corrected chi connectivity index (χ4v) is 3.19. The van der Waals surface area contributed by atoms with Crippen molar-refractivity contribution in [2.75, 3.05) is 6.54 Å². The molecule has 2 atom stereocenters. The van der Waals surface area contributed by atoms with Gasteiger partial charge >= 0.3 is 0 Å². The molecule has 1 heterocycles. The summed E-state index contributed by atoms with van der Waals surface area (Å²) in [5, 5.41) is 1.30. The Kier molecular flexibility index (Phi) is 4.39. The number of hydrogen-bond donors (Lipinski definition) is 1. The number of amides is 1. The first-order valence-electron chi connectivity index (χ1n) is 6.43. The zero-order valence-corrected chi connectivity index (χ0v) is 12.6. The molecule has 2 N–H and O–H groups in total. The molecule has 0 radical (unpaired) electrons. The van der Waals surface area contributed by atoms with Gasteiger partial charge in [-0.15, -0.1) is 0 Å². The summed E-state index contributed by atoms with van der Waals surface area (Å²) in [5.74, 6) is 0.0873. The number of halogens is 2.